The molecule has 0 aromatic heterocycles. The van der Waals surface area contributed by atoms with Crippen molar-refractivity contribution >= 4 is 21.8 Å². The van der Waals surface area contributed by atoms with Gasteiger partial charge in [0.05, 0.1) is 5.92 Å². The molecule has 0 spiro atoms. The zero-order valence-corrected chi connectivity index (χ0v) is 13.5. The van der Waals surface area contributed by atoms with Crippen molar-refractivity contribution in [1.29, 1.82) is 0 Å². The molecule has 0 aromatic carbocycles. The fourth-order valence-electron chi connectivity index (χ4n) is 2.71. The average molecular weight is 358 g/mol. The van der Waals surface area contributed by atoms with E-state index in [0.717, 1.165) is 12.8 Å². The van der Waals surface area contributed by atoms with Crippen molar-refractivity contribution in [1.82, 2.24) is 4.90 Å². The van der Waals surface area contributed by atoms with Gasteiger partial charge in [-0.2, -0.15) is 13.2 Å². The van der Waals surface area contributed by atoms with Crippen LogP contribution in [0.25, 0.3) is 0 Å². The lowest BCUT2D eigenvalue weighted by Gasteiger charge is -2.32. The van der Waals surface area contributed by atoms with Gasteiger partial charge in [-0.3, -0.25) is 4.79 Å². The summed E-state index contributed by atoms with van der Waals surface area (Å²) in [7, 11) is 0. The number of hydrogen-bond donors (Lipinski definition) is 0. The van der Waals surface area contributed by atoms with Crippen LogP contribution < -0.4 is 0 Å². The monoisotopic (exact) mass is 357 g/mol. The highest BCUT2D eigenvalue weighted by Gasteiger charge is 2.42. The van der Waals surface area contributed by atoms with Crippen LogP contribution in [0.5, 0.6) is 0 Å². The molecule has 1 fully saturated rings. The SMILES string of the molecule is CCCCN(CCBr)C(=O)C1CCC(C(F)(F)F)CC1. The van der Waals surface area contributed by atoms with Crippen molar-refractivity contribution in [2.75, 3.05) is 18.4 Å². The third-order valence-electron chi connectivity index (χ3n) is 3.99. The summed E-state index contributed by atoms with van der Waals surface area (Å²) < 4.78 is 37.8. The van der Waals surface area contributed by atoms with Crippen molar-refractivity contribution in [2.24, 2.45) is 11.8 Å². The summed E-state index contributed by atoms with van der Waals surface area (Å²) in [4.78, 5) is 14.2. The number of nitrogens with zero attached hydrogens (tertiary/aromatic N) is 1. The quantitative estimate of drug-likeness (QED) is 0.646. The molecule has 118 valence electrons. The van der Waals surface area contributed by atoms with Crippen LogP contribution in [0.1, 0.15) is 45.4 Å². The molecule has 1 aliphatic rings. The molecular formula is C14H23BrF3NO. The molecular weight excluding hydrogens is 335 g/mol. The van der Waals surface area contributed by atoms with E-state index in [-0.39, 0.29) is 24.7 Å². The van der Waals surface area contributed by atoms with E-state index in [0.29, 0.717) is 31.3 Å². The van der Waals surface area contributed by atoms with Crippen LogP contribution >= 0.6 is 15.9 Å². The smallest absolute Gasteiger partial charge is 0.342 e. The van der Waals surface area contributed by atoms with Gasteiger partial charge < -0.3 is 4.90 Å². The topological polar surface area (TPSA) is 20.3 Å². The van der Waals surface area contributed by atoms with Gasteiger partial charge in [0.15, 0.2) is 0 Å². The molecule has 1 amide bonds. The molecule has 1 saturated carbocycles. The zero-order valence-electron chi connectivity index (χ0n) is 11.9. The minimum absolute atomic E-state index is 0.0403. The summed E-state index contributed by atoms with van der Waals surface area (Å²) in [6.45, 7) is 3.41. The van der Waals surface area contributed by atoms with Gasteiger partial charge in [-0.25, -0.2) is 0 Å². The predicted octanol–water partition coefficient (Wildman–Crippen LogP) is 4.38. The summed E-state index contributed by atoms with van der Waals surface area (Å²) in [6, 6.07) is 0. The second-order valence-corrected chi connectivity index (χ2v) is 6.25. The molecule has 0 bridgehead atoms. The Labute approximate surface area is 127 Å². The highest BCUT2D eigenvalue weighted by molar-refractivity contribution is 9.09. The molecule has 0 N–H and O–H groups in total. The number of amides is 1. The Bertz CT molecular complexity index is 301. The third kappa shape index (κ3) is 5.26. The number of halogens is 4. The number of alkyl halides is 4. The number of rotatable bonds is 6. The van der Waals surface area contributed by atoms with Crippen molar-refractivity contribution in [2.45, 2.75) is 51.6 Å². The van der Waals surface area contributed by atoms with E-state index in [4.69, 9.17) is 0 Å². The lowest BCUT2D eigenvalue weighted by atomic mass is 9.81. The average Bonchev–Trinajstić information content (AvgIpc) is 2.42. The number of carbonyl (C=O) groups is 1. The van der Waals surface area contributed by atoms with Gasteiger partial charge in [-0.15, -0.1) is 0 Å². The lowest BCUT2D eigenvalue weighted by molar-refractivity contribution is -0.185. The van der Waals surface area contributed by atoms with Gasteiger partial charge in [0.1, 0.15) is 0 Å². The van der Waals surface area contributed by atoms with E-state index in [2.05, 4.69) is 22.9 Å². The van der Waals surface area contributed by atoms with E-state index >= 15 is 0 Å². The minimum atomic E-state index is -4.11. The third-order valence-corrected chi connectivity index (χ3v) is 4.34. The molecule has 20 heavy (non-hydrogen) atoms. The molecule has 1 aliphatic carbocycles. The van der Waals surface area contributed by atoms with Crippen LogP contribution in [0, 0.1) is 11.8 Å². The van der Waals surface area contributed by atoms with Crippen molar-refractivity contribution in [3.8, 4) is 0 Å². The Kier molecular flexibility index (Phi) is 7.34. The Hall–Kier alpha value is -0.260. The number of carbonyl (C=O) groups excluding carboxylic acids is 1. The van der Waals surface area contributed by atoms with E-state index in [1.807, 2.05) is 0 Å². The van der Waals surface area contributed by atoms with Crippen LogP contribution in [-0.4, -0.2) is 35.4 Å². The molecule has 0 aromatic rings. The fourth-order valence-corrected chi connectivity index (χ4v) is 3.14. The van der Waals surface area contributed by atoms with E-state index in [1.54, 1.807) is 4.90 Å². The molecule has 0 saturated heterocycles. The van der Waals surface area contributed by atoms with Crippen LogP contribution in [0.15, 0.2) is 0 Å². The van der Waals surface area contributed by atoms with Crippen molar-refractivity contribution in [3.63, 3.8) is 0 Å². The first-order chi connectivity index (χ1) is 9.40. The predicted molar refractivity (Wildman–Crippen MR) is 76.8 cm³/mol. The summed E-state index contributed by atoms with van der Waals surface area (Å²) in [5.74, 6) is -1.39. The Morgan fingerprint density at radius 2 is 1.80 bits per heavy atom. The summed E-state index contributed by atoms with van der Waals surface area (Å²) in [6.07, 6.45) is -1.23. The van der Waals surface area contributed by atoms with Crippen LogP contribution in [0.4, 0.5) is 13.2 Å². The van der Waals surface area contributed by atoms with Crippen molar-refractivity contribution < 1.29 is 18.0 Å². The molecule has 0 heterocycles. The first kappa shape index (κ1) is 17.8. The van der Waals surface area contributed by atoms with E-state index < -0.39 is 12.1 Å². The summed E-state index contributed by atoms with van der Waals surface area (Å²) in [5, 5.41) is 0.709. The Balaban J connectivity index is 2.51. The van der Waals surface area contributed by atoms with Gasteiger partial charge in [-0.1, -0.05) is 29.3 Å². The molecule has 2 nitrogen and oxygen atoms in total. The molecule has 0 atom stereocenters. The van der Waals surface area contributed by atoms with Crippen LogP contribution in [-0.2, 0) is 4.79 Å². The number of hydrogen-bond acceptors (Lipinski definition) is 1. The second-order valence-electron chi connectivity index (χ2n) is 5.46. The highest BCUT2D eigenvalue weighted by Crippen LogP contribution is 2.39. The highest BCUT2D eigenvalue weighted by atomic mass is 79.9. The van der Waals surface area contributed by atoms with Gasteiger partial charge in [0.25, 0.3) is 0 Å². The maximum Gasteiger partial charge on any atom is 0.391 e. The molecule has 0 radical (unpaired) electrons. The van der Waals surface area contributed by atoms with Crippen LogP contribution in [0.2, 0.25) is 0 Å². The van der Waals surface area contributed by atoms with Crippen LogP contribution in [0.3, 0.4) is 0 Å². The fraction of sp³-hybridized carbons (Fsp3) is 0.929. The summed E-state index contributed by atoms with van der Waals surface area (Å²) >= 11 is 3.33. The minimum Gasteiger partial charge on any atom is -0.342 e. The number of unbranched alkanes of at least 4 members (excludes halogenated alkanes) is 1. The van der Waals surface area contributed by atoms with Gasteiger partial charge >= 0.3 is 6.18 Å². The maximum absolute atomic E-state index is 12.6. The standard InChI is InChI=1S/C14H23BrF3NO/c1-2-3-9-19(10-8-15)13(20)11-4-6-12(7-5-11)14(16,17)18/h11-12H,2-10H2,1H3. The van der Waals surface area contributed by atoms with E-state index in [9.17, 15) is 18.0 Å². The van der Waals surface area contributed by atoms with Gasteiger partial charge in [0.2, 0.25) is 5.91 Å². The van der Waals surface area contributed by atoms with E-state index in [1.165, 1.54) is 0 Å². The zero-order chi connectivity index (χ0) is 15.2. The Morgan fingerprint density at radius 1 is 1.20 bits per heavy atom. The first-order valence-corrected chi connectivity index (χ1v) is 8.43. The molecule has 0 unspecified atom stereocenters. The Morgan fingerprint density at radius 3 is 2.25 bits per heavy atom. The molecule has 1 rings (SSSR count). The first-order valence-electron chi connectivity index (χ1n) is 7.31. The normalized spacial score (nSPS) is 23.6. The lowest BCUT2D eigenvalue weighted by Crippen LogP contribution is -2.40. The summed E-state index contributed by atoms with van der Waals surface area (Å²) in [5.41, 5.74) is 0. The molecule has 6 heteroatoms. The molecule has 0 aliphatic heterocycles. The second kappa shape index (κ2) is 8.25. The van der Waals surface area contributed by atoms with Crippen molar-refractivity contribution in [3.05, 3.63) is 0 Å². The van der Waals surface area contributed by atoms with Gasteiger partial charge in [0, 0.05) is 24.3 Å². The maximum atomic E-state index is 12.6. The van der Waals surface area contributed by atoms with Gasteiger partial charge in [-0.05, 0) is 32.1 Å². The largest absolute Gasteiger partial charge is 0.391 e.